The van der Waals surface area contributed by atoms with Crippen molar-refractivity contribution in [1.29, 1.82) is 0 Å². The lowest BCUT2D eigenvalue weighted by Gasteiger charge is -2.04. The lowest BCUT2D eigenvalue weighted by molar-refractivity contribution is 0.705. The molecule has 0 atom stereocenters. The Kier molecular flexibility index (Phi) is 5.06. The molecule has 1 aromatic carbocycles. The smallest absolute Gasteiger partial charge is 0.316 e. The summed E-state index contributed by atoms with van der Waals surface area (Å²) in [5.74, 6) is 0.859. The number of rotatable bonds is 5. The third kappa shape index (κ3) is 3.39. The number of nitrogens with zero attached hydrogens (tertiary/aromatic N) is 4. The van der Waals surface area contributed by atoms with Gasteiger partial charge in [-0.15, -0.1) is 0 Å². The van der Waals surface area contributed by atoms with Gasteiger partial charge in [0, 0.05) is 31.9 Å². The van der Waals surface area contributed by atoms with Gasteiger partial charge in [-0.25, -0.2) is 9.78 Å². The van der Waals surface area contributed by atoms with Crippen LogP contribution in [0.15, 0.2) is 39.0 Å². The first-order valence-electron chi connectivity index (χ1n) is 7.90. The minimum absolute atomic E-state index is 0.320. The fourth-order valence-electron chi connectivity index (χ4n) is 2.76. The van der Waals surface area contributed by atoms with Gasteiger partial charge in [-0.1, -0.05) is 35.5 Å². The number of fused-ring (bicyclic) bond motifs is 1. The van der Waals surface area contributed by atoms with Crippen molar-refractivity contribution < 1.29 is 0 Å². The Morgan fingerprint density at radius 1 is 1.12 bits per heavy atom. The number of thioether (sulfide) groups is 1. The first-order valence-corrected chi connectivity index (χ1v) is 9.26. The third-order valence-corrected chi connectivity index (χ3v) is 5.52. The number of hydrogen-bond donors (Lipinski definition) is 0. The molecule has 0 aliphatic heterocycles. The normalized spacial score (nSPS) is 11.4. The maximum atomic E-state index is 12.3. The standard InChI is InChI=1S/C17H19ClN4O2S/c1-20-13-14(21(2)17(24)22(3)15(13)23)19-16(20)25-9-5-7-11-6-4-8-12(18)10-11/h4,6,8,10H,5,7,9H2,1-3H3. The highest BCUT2D eigenvalue weighted by Gasteiger charge is 2.16. The Balaban J connectivity index is 1.77. The van der Waals surface area contributed by atoms with E-state index in [1.807, 2.05) is 18.2 Å². The van der Waals surface area contributed by atoms with Gasteiger partial charge in [-0.3, -0.25) is 13.9 Å². The zero-order chi connectivity index (χ0) is 18.1. The van der Waals surface area contributed by atoms with E-state index in [1.54, 1.807) is 30.4 Å². The highest BCUT2D eigenvalue weighted by atomic mass is 35.5. The SMILES string of the molecule is Cn1c(=O)c2c(nc(SCCCc3cccc(Cl)c3)n2C)n(C)c1=O. The monoisotopic (exact) mass is 378 g/mol. The molecular formula is C17H19ClN4O2S. The van der Waals surface area contributed by atoms with Crippen LogP contribution < -0.4 is 11.2 Å². The largest absolute Gasteiger partial charge is 0.332 e. The number of hydrogen-bond acceptors (Lipinski definition) is 4. The summed E-state index contributed by atoms with van der Waals surface area (Å²) < 4.78 is 4.28. The van der Waals surface area contributed by atoms with Gasteiger partial charge in [-0.05, 0) is 30.5 Å². The summed E-state index contributed by atoms with van der Waals surface area (Å²) in [7, 11) is 4.92. The van der Waals surface area contributed by atoms with E-state index in [2.05, 4.69) is 11.1 Å². The van der Waals surface area contributed by atoms with E-state index in [-0.39, 0.29) is 11.2 Å². The Morgan fingerprint density at radius 3 is 2.60 bits per heavy atom. The van der Waals surface area contributed by atoms with Crippen molar-refractivity contribution in [3.05, 3.63) is 55.7 Å². The van der Waals surface area contributed by atoms with Crippen molar-refractivity contribution in [2.24, 2.45) is 21.1 Å². The predicted octanol–water partition coefficient (Wildman–Crippen LogP) is 2.35. The zero-order valence-corrected chi connectivity index (χ0v) is 15.9. The zero-order valence-electron chi connectivity index (χ0n) is 14.3. The van der Waals surface area contributed by atoms with Crippen LogP contribution in [0.3, 0.4) is 0 Å². The molecule has 0 amide bonds. The average molecular weight is 379 g/mol. The molecular weight excluding hydrogens is 360 g/mol. The molecule has 6 nitrogen and oxygen atoms in total. The van der Waals surface area contributed by atoms with Crippen LogP contribution in [0.1, 0.15) is 12.0 Å². The van der Waals surface area contributed by atoms with E-state index < -0.39 is 0 Å². The Labute approximate surface area is 154 Å². The van der Waals surface area contributed by atoms with Gasteiger partial charge in [0.25, 0.3) is 5.56 Å². The molecule has 0 fully saturated rings. The molecule has 0 saturated heterocycles. The van der Waals surface area contributed by atoms with Gasteiger partial charge in [0.2, 0.25) is 0 Å². The molecule has 3 rings (SSSR count). The van der Waals surface area contributed by atoms with E-state index in [1.165, 1.54) is 17.2 Å². The number of halogens is 1. The summed E-state index contributed by atoms with van der Waals surface area (Å²) in [6.07, 6.45) is 1.89. The van der Waals surface area contributed by atoms with Gasteiger partial charge in [0.05, 0.1) is 0 Å². The van der Waals surface area contributed by atoms with E-state index >= 15 is 0 Å². The van der Waals surface area contributed by atoms with Crippen LogP contribution >= 0.6 is 23.4 Å². The minimum Gasteiger partial charge on any atom is -0.316 e. The molecule has 2 aromatic heterocycles. The van der Waals surface area contributed by atoms with Crippen molar-refractivity contribution in [2.45, 2.75) is 18.0 Å². The quantitative estimate of drug-likeness (QED) is 0.505. The van der Waals surface area contributed by atoms with E-state index in [4.69, 9.17) is 11.6 Å². The summed E-state index contributed by atoms with van der Waals surface area (Å²) in [5, 5.41) is 1.48. The van der Waals surface area contributed by atoms with Crippen LogP contribution in [0, 0.1) is 0 Å². The molecule has 8 heteroatoms. The summed E-state index contributed by atoms with van der Waals surface area (Å²) in [6, 6.07) is 7.85. The van der Waals surface area contributed by atoms with Crippen LogP contribution in [0.5, 0.6) is 0 Å². The number of benzene rings is 1. The van der Waals surface area contributed by atoms with Gasteiger partial charge < -0.3 is 4.57 Å². The Morgan fingerprint density at radius 2 is 1.88 bits per heavy atom. The molecule has 0 radical (unpaired) electrons. The molecule has 0 saturated carbocycles. The number of aromatic nitrogens is 4. The first kappa shape index (κ1) is 17.8. The van der Waals surface area contributed by atoms with Crippen molar-refractivity contribution in [2.75, 3.05) is 5.75 Å². The fourth-order valence-corrected chi connectivity index (χ4v) is 3.88. The van der Waals surface area contributed by atoms with Gasteiger partial charge >= 0.3 is 5.69 Å². The Hall–Kier alpha value is -1.99. The van der Waals surface area contributed by atoms with Crippen LogP contribution in [-0.2, 0) is 27.6 Å². The summed E-state index contributed by atoms with van der Waals surface area (Å²) in [4.78, 5) is 28.9. The second-order valence-electron chi connectivity index (χ2n) is 5.91. The molecule has 2 heterocycles. The van der Waals surface area contributed by atoms with E-state index in [9.17, 15) is 9.59 Å². The molecule has 0 unspecified atom stereocenters. The van der Waals surface area contributed by atoms with E-state index in [0.717, 1.165) is 33.3 Å². The van der Waals surface area contributed by atoms with Crippen molar-refractivity contribution in [3.8, 4) is 0 Å². The summed E-state index contributed by atoms with van der Waals surface area (Å²) in [6.45, 7) is 0. The lowest BCUT2D eigenvalue weighted by atomic mass is 10.1. The molecule has 0 bridgehead atoms. The van der Waals surface area contributed by atoms with E-state index in [0.29, 0.717) is 11.2 Å². The topological polar surface area (TPSA) is 61.8 Å². The third-order valence-electron chi connectivity index (χ3n) is 4.16. The molecule has 132 valence electrons. The van der Waals surface area contributed by atoms with Crippen molar-refractivity contribution in [3.63, 3.8) is 0 Å². The predicted molar refractivity (Wildman–Crippen MR) is 102 cm³/mol. The maximum absolute atomic E-state index is 12.3. The lowest BCUT2D eigenvalue weighted by Crippen LogP contribution is -2.37. The first-order chi connectivity index (χ1) is 11.9. The second kappa shape index (κ2) is 7.09. The van der Waals surface area contributed by atoms with Gasteiger partial charge in [0.1, 0.15) is 0 Å². The molecule has 0 N–H and O–H groups in total. The highest BCUT2D eigenvalue weighted by molar-refractivity contribution is 7.99. The van der Waals surface area contributed by atoms with Crippen LogP contribution in [0.4, 0.5) is 0 Å². The number of aryl methyl sites for hydroxylation is 3. The molecule has 0 spiro atoms. The van der Waals surface area contributed by atoms with Gasteiger partial charge in [-0.2, -0.15) is 0 Å². The molecule has 3 aromatic rings. The maximum Gasteiger partial charge on any atom is 0.332 e. The summed E-state index contributed by atoms with van der Waals surface area (Å²) in [5.41, 5.74) is 1.39. The minimum atomic E-state index is -0.367. The van der Waals surface area contributed by atoms with Crippen LogP contribution in [0.25, 0.3) is 11.2 Å². The van der Waals surface area contributed by atoms with Crippen molar-refractivity contribution in [1.82, 2.24) is 18.7 Å². The molecule has 25 heavy (non-hydrogen) atoms. The van der Waals surface area contributed by atoms with Crippen LogP contribution in [0.2, 0.25) is 5.02 Å². The molecule has 0 aliphatic rings. The summed E-state index contributed by atoms with van der Waals surface area (Å²) >= 11 is 7.58. The fraction of sp³-hybridized carbons (Fsp3) is 0.353. The number of imidazole rings is 1. The van der Waals surface area contributed by atoms with Gasteiger partial charge in [0.15, 0.2) is 16.3 Å². The molecule has 0 aliphatic carbocycles. The Bertz CT molecular complexity index is 1050. The average Bonchev–Trinajstić information content (AvgIpc) is 2.92. The van der Waals surface area contributed by atoms with Crippen LogP contribution in [-0.4, -0.2) is 24.4 Å². The van der Waals surface area contributed by atoms with Crippen molar-refractivity contribution >= 4 is 34.5 Å². The second-order valence-corrected chi connectivity index (χ2v) is 7.41. The highest BCUT2D eigenvalue weighted by Crippen LogP contribution is 2.21.